The number of rotatable bonds is 7. The van der Waals surface area contributed by atoms with Crippen LogP contribution >= 0.6 is 11.3 Å². The number of nitrogens with zero attached hydrogens (tertiary/aromatic N) is 2. The highest BCUT2D eigenvalue weighted by Crippen LogP contribution is 2.26. The van der Waals surface area contributed by atoms with Crippen LogP contribution in [-0.2, 0) is 21.3 Å². The Kier molecular flexibility index (Phi) is 6.50. The summed E-state index contributed by atoms with van der Waals surface area (Å²) in [5, 5.41) is 12.5. The van der Waals surface area contributed by atoms with Crippen molar-refractivity contribution in [1.82, 2.24) is 4.98 Å². The quantitative estimate of drug-likeness (QED) is 0.558. The number of aryl methyl sites for hydroxylation is 2. The van der Waals surface area contributed by atoms with Crippen molar-refractivity contribution in [1.29, 1.82) is 5.26 Å². The second kappa shape index (κ2) is 9.07. The topological polar surface area (TPSA) is 109 Å². The lowest BCUT2D eigenvalue weighted by Crippen LogP contribution is -2.23. The fourth-order valence-electron chi connectivity index (χ4n) is 2.65. The molecule has 0 saturated carbocycles. The molecule has 1 heterocycles. The molecule has 0 radical (unpaired) electrons. The van der Waals surface area contributed by atoms with Gasteiger partial charge >= 0.3 is 10.1 Å². The minimum atomic E-state index is -4.05. The highest BCUT2D eigenvalue weighted by atomic mass is 32.2. The third-order valence-electron chi connectivity index (χ3n) is 4.23. The summed E-state index contributed by atoms with van der Waals surface area (Å²) in [6.45, 7) is 3.71. The summed E-state index contributed by atoms with van der Waals surface area (Å²) in [5.41, 5.74) is 1.36. The van der Waals surface area contributed by atoms with E-state index in [-0.39, 0.29) is 17.1 Å². The standard InChI is InChI=1S/C21H19N3O4S2/c1-14-7-9-18(10-8-14)30(26,27)28-19-6-4-3-5-16(19)11-17(12-22)20(25)24-21-23-13-15(2)29-21/h3-10,13,17H,11H2,1-2H3,(H,23,24,25). The van der Waals surface area contributed by atoms with Crippen molar-refractivity contribution in [2.24, 2.45) is 5.92 Å². The first kappa shape index (κ1) is 21.5. The molecule has 0 spiro atoms. The Balaban J connectivity index is 1.79. The van der Waals surface area contributed by atoms with E-state index in [4.69, 9.17) is 4.18 Å². The minimum Gasteiger partial charge on any atom is -0.379 e. The highest BCUT2D eigenvalue weighted by molar-refractivity contribution is 7.87. The van der Waals surface area contributed by atoms with Gasteiger partial charge in [0.25, 0.3) is 0 Å². The second-order valence-electron chi connectivity index (χ2n) is 6.61. The van der Waals surface area contributed by atoms with Crippen LogP contribution in [-0.4, -0.2) is 19.3 Å². The summed E-state index contributed by atoms with van der Waals surface area (Å²) < 4.78 is 30.6. The lowest BCUT2D eigenvalue weighted by Gasteiger charge is -2.14. The van der Waals surface area contributed by atoms with Crippen molar-refractivity contribution in [2.45, 2.75) is 25.2 Å². The van der Waals surface area contributed by atoms with Crippen LogP contribution in [0.1, 0.15) is 16.0 Å². The summed E-state index contributed by atoms with van der Waals surface area (Å²) in [6, 6.07) is 14.7. The molecule has 3 aromatic rings. The Bertz CT molecular complexity index is 1200. The number of amides is 1. The van der Waals surface area contributed by atoms with E-state index < -0.39 is 21.9 Å². The lowest BCUT2D eigenvalue weighted by molar-refractivity contribution is -0.118. The average Bonchev–Trinajstić information content (AvgIpc) is 3.11. The van der Waals surface area contributed by atoms with Crippen LogP contribution in [0.4, 0.5) is 5.13 Å². The van der Waals surface area contributed by atoms with Gasteiger partial charge in [0.15, 0.2) is 5.13 Å². The van der Waals surface area contributed by atoms with E-state index in [0.29, 0.717) is 10.7 Å². The zero-order valence-electron chi connectivity index (χ0n) is 16.3. The fraction of sp³-hybridized carbons (Fsp3) is 0.190. The number of carbonyl (C=O) groups is 1. The molecule has 0 bridgehead atoms. The number of hydrogen-bond acceptors (Lipinski definition) is 7. The molecule has 0 aliphatic carbocycles. The molecule has 1 N–H and O–H groups in total. The van der Waals surface area contributed by atoms with Gasteiger partial charge in [0.1, 0.15) is 16.6 Å². The summed E-state index contributed by atoms with van der Waals surface area (Å²) >= 11 is 1.30. The number of nitrogens with one attached hydrogen (secondary N) is 1. The van der Waals surface area contributed by atoms with Gasteiger partial charge in [-0.3, -0.25) is 4.79 Å². The van der Waals surface area contributed by atoms with Crippen molar-refractivity contribution in [2.75, 3.05) is 5.32 Å². The van der Waals surface area contributed by atoms with Crippen LogP contribution in [0, 0.1) is 31.1 Å². The zero-order valence-corrected chi connectivity index (χ0v) is 18.0. The normalized spacial score (nSPS) is 12.0. The van der Waals surface area contributed by atoms with E-state index in [0.717, 1.165) is 10.4 Å². The predicted octanol–water partition coefficient (Wildman–Crippen LogP) is 3.85. The molecule has 1 amide bonds. The molecule has 2 aromatic carbocycles. The molecule has 1 aromatic heterocycles. The number of aromatic nitrogens is 1. The van der Waals surface area contributed by atoms with Gasteiger partial charge in [-0.05, 0) is 37.6 Å². The smallest absolute Gasteiger partial charge is 0.339 e. The summed E-state index contributed by atoms with van der Waals surface area (Å²) in [5.74, 6) is -1.47. The molecule has 7 nitrogen and oxygen atoms in total. The Hall–Kier alpha value is -3.22. The third kappa shape index (κ3) is 5.23. The van der Waals surface area contributed by atoms with Gasteiger partial charge in [0, 0.05) is 17.5 Å². The number of hydrogen-bond donors (Lipinski definition) is 1. The number of para-hydroxylation sites is 1. The number of anilines is 1. The van der Waals surface area contributed by atoms with Gasteiger partial charge in [0.05, 0.1) is 6.07 Å². The zero-order chi connectivity index (χ0) is 21.7. The monoisotopic (exact) mass is 441 g/mol. The van der Waals surface area contributed by atoms with Gasteiger partial charge in [-0.1, -0.05) is 35.9 Å². The van der Waals surface area contributed by atoms with E-state index in [1.54, 1.807) is 36.5 Å². The molecule has 0 saturated heterocycles. The summed E-state index contributed by atoms with van der Waals surface area (Å²) in [4.78, 5) is 17.5. The fourth-order valence-corrected chi connectivity index (χ4v) is 4.28. The van der Waals surface area contributed by atoms with E-state index in [1.165, 1.54) is 29.5 Å². The maximum absolute atomic E-state index is 12.6. The van der Waals surface area contributed by atoms with Crippen LogP contribution in [0.15, 0.2) is 59.6 Å². The van der Waals surface area contributed by atoms with Gasteiger partial charge in [-0.25, -0.2) is 4.98 Å². The Morgan fingerprint density at radius 2 is 1.90 bits per heavy atom. The van der Waals surface area contributed by atoms with Crippen LogP contribution in [0.2, 0.25) is 0 Å². The molecule has 0 aliphatic rings. The minimum absolute atomic E-state index is 0.00766. The van der Waals surface area contributed by atoms with Gasteiger partial charge in [0.2, 0.25) is 5.91 Å². The first-order chi connectivity index (χ1) is 14.3. The van der Waals surface area contributed by atoms with Crippen molar-refractivity contribution in [3.05, 3.63) is 70.7 Å². The molecule has 0 aliphatic heterocycles. The lowest BCUT2D eigenvalue weighted by atomic mass is 9.99. The largest absolute Gasteiger partial charge is 0.379 e. The molecule has 0 fully saturated rings. The Morgan fingerprint density at radius 3 is 2.53 bits per heavy atom. The molecule has 30 heavy (non-hydrogen) atoms. The Labute approximate surface area is 179 Å². The van der Waals surface area contributed by atoms with Gasteiger partial charge in [-0.15, -0.1) is 11.3 Å². The van der Waals surface area contributed by atoms with Crippen LogP contribution in [0.3, 0.4) is 0 Å². The Morgan fingerprint density at radius 1 is 1.20 bits per heavy atom. The molecular weight excluding hydrogens is 422 g/mol. The molecule has 1 unspecified atom stereocenters. The van der Waals surface area contributed by atoms with E-state index >= 15 is 0 Å². The average molecular weight is 442 g/mol. The summed E-state index contributed by atoms with van der Waals surface area (Å²) in [7, 11) is -4.05. The van der Waals surface area contributed by atoms with Crippen molar-refractivity contribution in [3.8, 4) is 11.8 Å². The van der Waals surface area contributed by atoms with Crippen molar-refractivity contribution in [3.63, 3.8) is 0 Å². The predicted molar refractivity (Wildman–Crippen MR) is 114 cm³/mol. The number of benzene rings is 2. The molecule has 154 valence electrons. The van der Waals surface area contributed by atoms with Gasteiger partial charge in [-0.2, -0.15) is 13.7 Å². The molecule has 3 rings (SSSR count). The summed E-state index contributed by atoms with van der Waals surface area (Å²) in [6.07, 6.45) is 1.62. The number of carbonyl (C=O) groups excluding carboxylic acids is 1. The molecular formula is C21H19N3O4S2. The highest BCUT2D eigenvalue weighted by Gasteiger charge is 2.24. The maximum Gasteiger partial charge on any atom is 0.339 e. The van der Waals surface area contributed by atoms with Crippen LogP contribution < -0.4 is 9.50 Å². The first-order valence-electron chi connectivity index (χ1n) is 9.00. The van der Waals surface area contributed by atoms with E-state index in [2.05, 4.69) is 10.3 Å². The number of thiazole rings is 1. The SMILES string of the molecule is Cc1ccc(S(=O)(=O)Oc2ccccc2CC(C#N)C(=O)Nc2ncc(C)s2)cc1. The van der Waals surface area contributed by atoms with Crippen molar-refractivity contribution >= 4 is 32.5 Å². The van der Waals surface area contributed by atoms with E-state index in [1.807, 2.05) is 19.9 Å². The van der Waals surface area contributed by atoms with Crippen LogP contribution in [0.5, 0.6) is 5.75 Å². The second-order valence-corrected chi connectivity index (χ2v) is 9.39. The van der Waals surface area contributed by atoms with Crippen molar-refractivity contribution < 1.29 is 17.4 Å². The number of nitriles is 1. The maximum atomic E-state index is 12.6. The molecule has 9 heteroatoms. The van der Waals surface area contributed by atoms with Crippen LogP contribution in [0.25, 0.3) is 0 Å². The third-order valence-corrected chi connectivity index (χ3v) is 6.31. The van der Waals surface area contributed by atoms with Gasteiger partial charge < -0.3 is 9.50 Å². The molecule has 1 atom stereocenters. The first-order valence-corrected chi connectivity index (χ1v) is 11.2. The van der Waals surface area contributed by atoms with E-state index in [9.17, 15) is 18.5 Å².